The van der Waals surface area contributed by atoms with E-state index in [9.17, 15) is 13.2 Å². The van der Waals surface area contributed by atoms with Gasteiger partial charge >= 0.3 is 0 Å². The summed E-state index contributed by atoms with van der Waals surface area (Å²) in [5.41, 5.74) is 1.69. The zero-order chi connectivity index (χ0) is 23.1. The number of rotatable bonds is 10. The molecule has 8 nitrogen and oxygen atoms in total. The molecule has 32 heavy (non-hydrogen) atoms. The highest BCUT2D eigenvalue weighted by Gasteiger charge is 2.21. The molecule has 1 unspecified atom stereocenters. The third-order valence-electron chi connectivity index (χ3n) is 4.48. The first-order chi connectivity index (χ1) is 15.3. The molecule has 3 rings (SSSR count). The van der Waals surface area contributed by atoms with Crippen molar-refractivity contribution in [1.82, 2.24) is 10.2 Å². The van der Waals surface area contributed by atoms with Crippen molar-refractivity contribution in [3.8, 4) is 5.75 Å². The lowest BCUT2D eigenvalue weighted by molar-refractivity contribution is -0.122. The quantitative estimate of drug-likeness (QED) is 0.337. The number of hydrogen-bond donors (Lipinski definition) is 1. The molecule has 0 saturated heterocycles. The molecule has 170 valence electrons. The van der Waals surface area contributed by atoms with E-state index in [1.807, 2.05) is 37.3 Å². The number of ether oxygens (including phenoxy) is 1. The van der Waals surface area contributed by atoms with Gasteiger partial charge in [-0.05, 0) is 36.2 Å². The number of nitrogens with zero attached hydrogens (tertiary/aromatic N) is 3. The van der Waals surface area contributed by atoms with Gasteiger partial charge in [0, 0.05) is 12.8 Å². The minimum Gasteiger partial charge on any atom is -0.481 e. The standard InChI is InChI=1S/C21H24N4O4S3/c1-4-18(29-17-12-10-16(11-13-17)25(2)32(3,27)28)19(26)22-20-23-24-21(31-20)30-14-15-8-6-5-7-9-15/h5-13,18H,4,14H2,1-3H3,(H,22,23,26). The molecule has 0 spiro atoms. The Hall–Kier alpha value is -2.63. The number of nitrogens with one attached hydrogen (secondary N) is 1. The highest BCUT2D eigenvalue weighted by Crippen LogP contribution is 2.28. The number of sulfonamides is 1. The molecule has 0 aliphatic carbocycles. The van der Waals surface area contributed by atoms with Crippen molar-refractivity contribution in [2.45, 2.75) is 29.5 Å². The van der Waals surface area contributed by atoms with Crippen LogP contribution >= 0.6 is 23.1 Å². The van der Waals surface area contributed by atoms with Crippen LogP contribution in [0.1, 0.15) is 18.9 Å². The molecule has 1 amide bonds. The van der Waals surface area contributed by atoms with E-state index in [-0.39, 0.29) is 5.91 Å². The summed E-state index contributed by atoms with van der Waals surface area (Å²) in [7, 11) is -1.87. The number of aromatic nitrogens is 2. The van der Waals surface area contributed by atoms with Crippen LogP contribution in [-0.4, -0.2) is 43.9 Å². The molecule has 3 aromatic rings. The summed E-state index contributed by atoms with van der Waals surface area (Å²) >= 11 is 2.87. The van der Waals surface area contributed by atoms with Crippen LogP contribution in [0.3, 0.4) is 0 Å². The molecule has 0 bridgehead atoms. The van der Waals surface area contributed by atoms with Crippen molar-refractivity contribution in [2.75, 3.05) is 22.9 Å². The van der Waals surface area contributed by atoms with E-state index >= 15 is 0 Å². The van der Waals surface area contributed by atoms with Crippen LogP contribution < -0.4 is 14.4 Å². The van der Waals surface area contributed by atoms with Crippen molar-refractivity contribution < 1.29 is 17.9 Å². The molecule has 0 aliphatic heterocycles. The molecule has 0 radical (unpaired) electrons. The van der Waals surface area contributed by atoms with Gasteiger partial charge in [-0.25, -0.2) is 8.42 Å². The summed E-state index contributed by atoms with van der Waals surface area (Å²) in [6, 6.07) is 16.6. The first-order valence-corrected chi connectivity index (χ1v) is 13.4. The Balaban J connectivity index is 1.56. The maximum atomic E-state index is 12.7. The third kappa shape index (κ3) is 6.68. The first-order valence-electron chi connectivity index (χ1n) is 9.78. The molecule has 11 heteroatoms. The summed E-state index contributed by atoms with van der Waals surface area (Å²) in [6.07, 6.45) is 0.858. The van der Waals surface area contributed by atoms with Crippen LogP contribution in [0.25, 0.3) is 0 Å². The Morgan fingerprint density at radius 2 is 1.84 bits per heavy atom. The predicted molar refractivity (Wildman–Crippen MR) is 129 cm³/mol. The van der Waals surface area contributed by atoms with E-state index in [0.717, 1.165) is 16.3 Å². The van der Waals surface area contributed by atoms with E-state index in [0.29, 0.717) is 23.0 Å². The summed E-state index contributed by atoms with van der Waals surface area (Å²) in [5, 5.41) is 11.3. The second-order valence-corrected chi connectivity index (χ2v) is 11.1. The van der Waals surface area contributed by atoms with Crippen molar-refractivity contribution in [3.05, 3.63) is 60.2 Å². The highest BCUT2D eigenvalue weighted by atomic mass is 32.2. The zero-order valence-corrected chi connectivity index (χ0v) is 20.3. The minimum atomic E-state index is -3.35. The summed E-state index contributed by atoms with van der Waals surface area (Å²) < 4.78 is 31.0. The largest absolute Gasteiger partial charge is 0.481 e. The lowest BCUT2D eigenvalue weighted by atomic mass is 10.2. The fourth-order valence-electron chi connectivity index (χ4n) is 2.64. The molecule has 2 aromatic carbocycles. The Labute approximate surface area is 196 Å². The van der Waals surface area contributed by atoms with Crippen LogP contribution in [0.2, 0.25) is 0 Å². The summed E-state index contributed by atoms with van der Waals surface area (Å²) in [6.45, 7) is 1.84. The van der Waals surface area contributed by atoms with Crippen molar-refractivity contribution >= 4 is 49.8 Å². The van der Waals surface area contributed by atoms with Crippen LogP contribution in [0.15, 0.2) is 58.9 Å². The van der Waals surface area contributed by atoms with Gasteiger partial charge in [0.2, 0.25) is 15.2 Å². The Morgan fingerprint density at radius 1 is 1.16 bits per heavy atom. The van der Waals surface area contributed by atoms with Gasteiger partial charge in [-0.1, -0.05) is 60.4 Å². The van der Waals surface area contributed by atoms with Gasteiger partial charge in [-0.3, -0.25) is 14.4 Å². The molecule has 1 atom stereocenters. The first kappa shape index (κ1) is 24.0. The van der Waals surface area contributed by atoms with Crippen molar-refractivity contribution in [3.63, 3.8) is 0 Å². The van der Waals surface area contributed by atoms with Gasteiger partial charge < -0.3 is 4.74 Å². The number of carbonyl (C=O) groups excluding carboxylic acids is 1. The minimum absolute atomic E-state index is 0.319. The van der Waals surface area contributed by atoms with Crippen LogP contribution in [0.5, 0.6) is 5.75 Å². The van der Waals surface area contributed by atoms with Crippen LogP contribution in [0.4, 0.5) is 10.8 Å². The Kier molecular flexibility index (Phi) is 8.10. The zero-order valence-electron chi connectivity index (χ0n) is 17.9. The van der Waals surface area contributed by atoms with Gasteiger partial charge in [0.15, 0.2) is 10.4 Å². The van der Waals surface area contributed by atoms with Crippen LogP contribution in [-0.2, 0) is 20.6 Å². The monoisotopic (exact) mass is 492 g/mol. The number of carbonyl (C=O) groups is 1. The number of benzene rings is 2. The topological polar surface area (TPSA) is 101 Å². The smallest absolute Gasteiger partial charge is 0.267 e. The molecule has 1 N–H and O–H groups in total. The maximum absolute atomic E-state index is 12.7. The maximum Gasteiger partial charge on any atom is 0.267 e. The van der Waals surface area contributed by atoms with E-state index in [1.54, 1.807) is 36.0 Å². The average molecular weight is 493 g/mol. The molecule has 0 fully saturated rings. The Morgan fingerprint density at radius 3 is 2.47 bits per heavy atom. The van der Waals surface area contributed by atoms with Crippen LogP contribution in [0, 0.1) is 0 Å². The third-order valence-corrected chi connectivity index (χ3v) is 7.73. The normalized spacial score (nSPS) is 12.2. The SMILES string of the molecule is CCC(Oc1ccc(N(C)S(C)(=O)=O)cc1)C(=O)Nc1nnc(SCc2ccccc2)s1. The Bertz CT molecular complexity index is 1140. The molecule has 1 heterocycles. The highest BCUT2D eigenvalue weighted by molar-refractivity contribution is 8.00. The number of hydrogen-bond acceptors (Lipinski definition) is 8. The van der Waals surface area contributed by atoms with E-state index < -0.39 is 16.1 Å². The van der Waals surface area contributed by atoms with Crippen molar-refractivity contribution in [2.24, 2.45) is 0 Å². The van der Waals surface area contributed by atoms with E-state index in [4.69, 9.17) is 4.74 Å². The number of thioether (sulfide) groups is 1. The molecule has 0 aliphatic rings. The van der Waals surface area contributed by atoms with Gasteiger partial charge in [-0.15, -0.1) is 10.2 Å². The van der Waals surface area contributed by atoms with Gasteiger partial charge in [0.05, 0.1) is 11.9 Å². The summed E-state index contributed by atoms with van der Waals surface area (Å²) in [4.78, 5) is 12.7. The van der Waals surface area contributed by atoms with E-state index in [1.165, 1.54) is 28.3 Å². The van der Waals surface area contributed by atoms with Crippen molar-refractivity contribution in [1.29, 1.82) is 0 Å². The fraction of sp³-hybridized carbons (Fsp3) is 0.286. The predicted octanol–water partition coefficient (Wildman–Crippen LogP) is 4.02. The second-order valence-electron chi connectivity index (χ2n) is 6.88. The fourth-order valence-corrected chi connectivity index (χ4v) is 4.85. The molecular formula is C21H24N4O4S3. The summed E-state index contributed by atoms with van der Waals surface area (Å²) in [5.74, 6) is 0.920. The molecule has 1 aromatic heterocycles. The average Bonchev–Trinajstić information content (AvgIpc) is 3.23. The second kappa shape index (κ2) is 10.8. The number of amides is 1. The van der Waals surface area contributed by atoms with Gasteiger partial charge in [0.25, 0.3) is 5.91 Å². The lowest BCUT2D eigenvalue weighted by Gasteiger charge is -2.19. The van der Waals surface area contributed by atoms with Gasteiger partial charge in [0.1, 0.15) is 5.75 Å². The molecule has 0 saturated carbocycles. The molecular weight excluding hydrogens is 468 g/mol. The van der Waals surface area contributed by atoms with Gasteiger partial charge in [-0.2, -0.15) is 0 Å². The lowest BCUT2D eigenvalue weighted by Crippen LogP contribution is -2.32. The van der Waals surface area contributed by atoms with E-state index in [2.05, 4.69) is 15.5 Å². The number of anilines is 2.